The van der Waals surface area contributed by atoms with E-state index in [1.54, 1.807) is 13.0 Å². The van der Waals surface area contributed by atoms with E-state index in [4.69, 9.17) is 9.47 Å². The van der Waals surface area contributed by atoms with Gasteiger partial charge in [0.15, 0.2) is 11.5 Å². The first-order valence-electron chi connectivity index (χ1n) is 6.75. The molecule has 0 spiro atoms. The van der Waals surface area contributed by atoms with E-state index in [2.05, 4.69) is 0 Å². The van der Waals surface area contributed by atoms with Crippen molar-refractivity contribution < 1.29 is 23.0 Å². The highest BCUT2D eigenvalue weighted by Gasteiger charge is 2.35. The molecule has 118 valence electrons. The van der Waals surface area contributed by atoms with Gasteiger partial charge >= 0.3 is 0 Å². The van der Waals surface area contributed by atoms with Gasteiger partial charge in [0.1, 0.15) is 0 Å². The molecule has 1 saturated heterocycles. The lowest BCUT2D eigenvalue weighted by molar-refractivity contribution is 0.00940. The quantitative estimate of drug-likeness (QED) is 0.904. The van der Waals surface area contributed by atoms with Gasteiger partial charge in [-0.1, -0.05) is 0 Å². The molecule has 1 heterocycles. The van der Waals surface area contributed by atoms with Crippen molar-refractivity contribution in [2.75, 3.05) is 27.3 Å². The molecule has 6 nitrogen and oxygen atoms in total. The van der Waals surface area contributed by atoms with E-state index in [-0.39, 0.29) is 11.4 Å². The predicted octanol–water partition coefficient (Wildman–Crippen LogP) is 1.24. The molecule has 0 bridgehead atoms. The van der Waals surface area contributed by atoms with E-state index < -0.39 is 15.6 Å². The third-order valence-electron chi connectivity index (χ3n) is 3.63. The Hall–Kier alpha value is -1.31. The van der Waals surface area contributed by atoms with E-state index >= 15 is 0 Å². The number of piperidine rings is 1. The molecule has 7 heteroatoms. The van der Waals surface area contributed by atoms with E-state index in [0.717, 1.165) is 0 Å². The molecule has 1 unspecified atom stereocenters. The van der Waals surface area contributed by atoms with Crippen molar-refractivity contribution in [2.45, 2.75) is 30.3 Å². The van der Waals surface area contributed by atoms with Crippen LogP contribution in [0.15, 0.2) is 23.1 Å². The number of benzene rings is 1. The first kappa shape index (κ1) is 16.1. The molecule has 1 fully saturated rings. The van der Waals surface area contributed by atoms with Gasteiger partial charge in [0.25, 0.3) is 0 Å². The Balaban J connectivity index is 2.35. The van der Waals surface area contributed by atoms with Gasteiger partial charge < -0.3 is 14.6 Å². The van der Waals surface area contributed by atoms with Crippen LogP contribution in [0.2, 0.25) is 0 Å². The van der Waals surface area contributed by atoms with Crippen molar-refractivity contribution in [3.05, 3.63) is 18.2 Å². The number of methoxy groups -OCH3 is 2. The molecule has 1 aliphatic heterocycles. The van der Waals surface area contributed by atoms with Crippen LogP contribution in [0.4, 0.5) is 0 Å². The highest BCUT2D eigenvalue weighted by atomic mass is 32.2. The first-order chi connectivity index (χ1) is 9.80. The molecular weight excluding hydrogens is 294 g/mol. The third-order valence-corrected chi connectivity index (χ3v) is 5.47. The van der Waals surface area contributed by atoms with E-state index in [1.165, 1.54) is 30.7 Å². The minimum atomic E-state index is -3.65. The summed E-state index contributed by atoms with van der Waals surface area (Å²) in [5, 5.41) is 10.1. The minimum absolute atomic E-state index is 0.101. The molecule has 1 N–H and O–H groups in total. The molecule has 1 aliphatic rings. The summed E-state index contributed by atoms with van der Waals surface area (Å²) in [6.45, 7) is 2.17. The summed E-state index contributed by atoms with van der Waals surface area (Å²) >= 11 is 0. The predicted molar refractivity (Wildman–Crippen MR) is 78.2 cm³/mol. The Bertz CT molecular complexity index is 612. The van der Waals surface area contributed by atoms with E-state index in [9.17, 15) is 13.5 Å². The van der Waals surface area contributed by atoms with Crippen LogP contribution >= 0.6 is 0 Å². The van der Waals surface area contributed by atoms with Gasteiger partial charge in [0, 0.05) is 19.2 Å². The van der Waals surface area contributed by atoms with Crippen LogP contribution in [0.3, 0.4) is 0 Å². The van der Waals surface area contributed by atoms with Gasteiger partial charge in [0.2, 0.25) is 10.0 Å². The number of hydrogen-bond donors (Lipinski definition) is 1. The molecule has 21 heavy (non-hydrogen) atoms. The van der Waals surface area contributed by atoms with Gasteiger partial charge in [0.05, 0.1) is 24.7 Å². The summed E-state index contributed by atoms with van der Waals surface area (Å²) < 4.78 is 36.9. The van der Waals surface area contributed by atoms with Crippen molar-refractivity contribution in [3.8, 4) is 11.5 Å². The molecule has 1 aromatic rings. The van der Waals surface area contributed by atoms with Crippen molar-refractivity contribution in [1.82, 2.24) is 4.31 Å². The van der Waals surface area contributed by atoms with Crippen LogP contribution in [0, 0.1) is 0 Å². The minimum Gasteiger partial charge on any atom is -0.493 e. The molecule has 0 amide bonds. The lowest BCUT2D eigenvalue weighted by Crippen LogP contribution is -2.48. The molecule has 1 aromatic carbocycles. The molecule has 0 saturated carbocycles. The third kappa shape index (κ3) is 3.30. The standard InChI is InChI=1S/C14H21NO5S/c1-14(16)7-4-8-15(10-14)21(17,18)11-5-6-12(19-2)13(9-11)20-3/h5-6,9,16H,4,7-8,10H2,1-3H3. The fourth-order valence-corrected chi connectivity index (χ4v) is 4.12. The summed E-state index contributed by atoms with van der Waals surface area (Å²) in [5.74, 6) is 0.837. The van der Waals surface area contributed by atoms with Crippen molar-refractivity contribution >= 4 is 10.0 Å². The fourth-order valence-electron chi connectivity index (χ4n) is 2.51. The Kier molecular flexibility index (Phi) is 4.46. The van der Waals surface area contributed by atoms with Gasteiger partial charge in [-0.05, 0) is 31.9 Å². The van der Waals surface area contributed by atoms with Crippen molar-refractivity contribution in [2.24, 2.45) is 0 Å². The maximum atomic E-state index is 12.7. The monoisotopic (exact) mass is 315 g/mol. The second kappa shape index (κ2) is 5.82. The highest BCUT2D eigenvalue weighted by molar-refractivity contribution is 7.89. The Morgan fingerprint density at radius 3 is 2.48 bits per heavy atom. The fraction of sp³-hybridized carbons (Fsp3) is 0.571. The van der Waals surface area contributed by atoms with Crippen LogP contribution in [-0.4, -0.2) is 50.7 Å². The van der Waals surface area contributed by atoms with Crippen molar-refractivity contribution in [1.29, 1.82) is 0 Å². The molecular formula is C14H21NO5S. The second-order valence-electron chi connectivity index (χ2n) is 5.46. The summed E-state index contributed by atoms with van der Waals surface area (Å²) in [5.41, 5.74) is -0.984. The maximum Gasteiger partial charge on any atom is 0.243 e. The number of hydrogen-bond acceptors (Lipinski definition) is 5. The van der Waals surface area contributed by atoms with Gasteiger partial charge in [-0.2, -0.15) is 4.31 Å². The smallest absolute Gasteiger partial charge is 0.243 e. The SMILES string of the molecule is COc1ccc(S(=O)(=O)N2CCCC(C)(O)C2)cc1OC. The van der Waals surface area contributed by atoms with Gasteiger partial charge in [-0.15, -0.1) is 0 Å². The summed E-state index contributed by atoms with van der Waals surface area (Å²) in [7, 11) is -0.701. The largest absolute Gasteiger partial charge is 0.493 e. The Morgan fingerprint density at radius 1 is 1.24 bits per heavy atom. The Morgan fingerprint density at radius 2 is 1.90 bits per heavy atom. The molecule has 0 aliphatic carbocycles. The zero-order valence-corrected chi connectivity index (χ0v) is 13.3. The topological polar surface area (TPSA) is 76.1 Å². The van der Waals surface area contributed by atoms with Crippen molar-refractivity contribution in [3.63, 3.8) is 0 Å². The Labute approximate surface area is 125 Å². The van der Waals surface area contributed by atoms with Gasteiger partial charge in [-0.25, -0.2) is 8.42 Å². The number of nitrogens with zero attached hydrogens (tertiary/aromatic N) is 1. The molecule has 1 atom stereocenters. The zero-order valence-electron chi connectivity index (χ0n) is 12.5. The first-order valence-corrected chi connectivity index (χ1v) is 8.19. The number of sulfonamides is 1. The summed E-state index contributed by atoms with van der Waals surface area (Å²) in [6.07, 6.45) is 1.24. The van der Waals surface area contributed by atoms with Crippen LogP contribution in [0.25, 0.3) is 0 Å². The number of aliphatic hydroxyl groups is 1. The lowest BCUT2D eigenvalue weighted by Gasteiger charge is -2.35. The molecule has 0 aromatic heterocycles. The highest BCUT2D eigenvalue weighted by Crippen LogP contribution is 2.32. The molecule has 2 rings (SSSR count). The molecule has 0 radical (unpaired) electrons. The second-order valence-corrected chi connectivity index (χ2v) is 7.39. The average molecular weight is 315 g/mol. The van der Waals surface area contributed by atoms with Crippen LogP contribution < -0.4 is 9.47 Å². The van der Waals surface area contributed by atoms with Crippen LogP contribution in [-0.2, 0) is 10.0 Å². The van der Waals surface area contributed by atoms with E-state index in [0.29, 0.717) is 30.9 Å². The summed E-state index contributed by atoms with van der Waals surface area (Å²) in [4.78, 5) is 0.137. The number of ether oxygens (including phenoxy) is 2. The number of rotatable bonds is 4. The van der Waals surface area contributed by atoms with Gasteiger partial charge in [-0.3, -0.25) is 0 Å². The van der Waals surface area contributed by atoms with Crippen LogP contribution in [0.5, 0.6) is 11.5 Å². The summed E-state index contributed by atoms with van der Waals surface area (Å²) in [6, 6.07) is 4.49. The average Bonchev–Trinajstić information content (AvgIpc) is 2.45. The zero-order chi connectivity index (χ0) is 15.7. The maximum absolute atomic E-state index is 12.7. The normalized spacial score (nSPS) is 23.8. The van der Waals surface area contributed by atoms with Crippen LogP contribution in [0.1, 0.15) is 19.8 Å². The van der Waals surface area contributed by atoms with E-state index in [1.807, 2.05) is 0 Å². The number of β-amino-alcohol motifs (C(OH)–C–C–N with tert-alkyl or cyclic N) is 1. The lowest BCUT2D eigenvalue weighted by atomic mass is 9.97.